The predicted molar refractivity (Wildman–Crippen MR) is 126 cm³/mol. The van der Waals surface area contributed by atoms with Gasteiger partial charge >= 0.3 is 16.5 Å². The molecular formula is C23H24F3N5O5S. The first-order valence-corrected chi connectivity index (χ1v) is 12.6. The Bertz CT molecular complexity index is 1380. The molecule has 2 aromatic heterocycles. The molecule has 3 aromatic rings. The maximum atomic E-state index is 13.2. The molecule has 1 fully saturated rings. The molecule has 0 saturated heterocycles. The van der Waals surface area contributed by atoms with Gasteiger partial charge in [-0.15, -0.1) is 0 Å². The lowest BCUT2D eigenvalue weighted by Crippen LogP contribution is -2.31. The van der Waals surface area contributed by atoms with Crippen molar-refractivity contribution in [3.8, 4) is 0 Å². The number of halogens is 3. The van der Waals surface area contributed by atoms with E-state index in [-0.39, 0.29) is 36.7 Å². The summed E-state index contributed by atoms with van der Waals surface area (Å²) in [6.07, 6.45) is -1.79. The number of hydrogen-bond donors (Lipinski definition) is 3. The Labute approximate surface area is 210 Å². The Morgan fingerprint density at radius 2 is 2.03 bits per heavy atom. The van der Waals surface area contributed by atoms with Gasteiger partial charge in [-0.3, -0.25) is 18.6 Å². The highest BCUT2D eigenvalue weighted by atomic mass is 32.2. The first-order valence-electron chi connectivity index (χ1n) is 11.2. The number of benzene rings is 1. The number of aromatic nitrogens is 3. The number of hydrogen-bond acceptors (Lipinski definition) is 8. The van der Waals surface area contributed by atoms with E-state index in [9.17, 15) is 31.5 Å². The summed E-state index contributed by atoms with van der Waals surface area (Å²) in [5, 5.41) is 17.6. The summed E-state index contributed by atoms with van der Waals surface area (Å²) in [7, 11) is -2.79. The summed E-state index contributed by atoms with van der Waals surface area (Å²) in [6, 6.07) is 7.49. The van der Waals surface area contributed by atoms with E-state index >= 15 is 0 Å². The Kier molecular flexibility index (Phi) is 7.64. The smallest absolute Gasteiger partial charge is 0.390 e. The summed E-state index contributed by atoms with van der Waals surface area (Å²) in [5.41, 5.74) is 0.261. The van der Waals surface area contributed by atoms with Crippen molar-refractivity contribution in [3.63, 3.8) is 0 Å². The molecule has 0 amide bonds. The van der Waals surface area contributed by atoms with E-state index in [1.165, 1.54) is 48.5 Å². The molecule has 0 spiro atoms. The lowest BCUT2D eigenvalue weighted by molar-refractivity contribution is -0.137. The van der Waals surface area contributed by atoms with Gasteiger partial charge in [-0.1, -0.05) is 12.1 Å². The number of rotatable bonds is 9. The van der Waals surface area contributed by atoms with Crippen molar-refractivity contribution in [1.29, 1.82) is 0 Å². The molecule has 0 bridgehead atoms. The van der Waals surface area contributed by atoms with Crippen LogP contribution < -0.4 is 10.0 Å². The van der Waals surface area contributed by atoms with Crippen molar-refractivity contribution in [2.24, 2.45) is 0 Å². The lowest BCUT2D eigenvalue weighted by Gasteiger charge is -2.16. The molecule has 0 unspecified atom stereocenters. The van der Waals surface area contributed by atoms with E-state index in [1.807, 2.05) is 4.72 Å². The van der Waals surface area contributed by atoms with E-state index < -0.39 is 40.0 Å². The fourth-order valence-electron chi connectivity index (χ4n) is 4.07. The van der Waals surface area contributed by atoms with Crippen LogP contribution in [0, 0.1) is 0 Å². The van der Waals surface area contributed by atoms with E-state index in [2.05, 4.69) is 15.4 Å². The first kappa shape index (κ1) is 26.7. The van der Waals surface area contributed by atoms with Crippen LogP contribution in [0.4, 0.5) is 18.9 Å². The van der Waals surface area contributed by atoms with E-state index in [0.717, 1.165) is 12.1 Å². The minimum Gasteiger partial charge on any atom is -0.390 e. The van der Waals surface area contributed by atoms with Crippen molar-refractivity contribution in [1.82, 2.24) is 19.5 Å². The van der Waals surface area contributed by atoms with Crippen molar-refractivity contribution in [2.75, 3.05) is 12.4 Å². The number of pyridine rings is 1. The van der Waals surface area contributed by atoms with Gasteiger partial charge in [-0.2, -0.15) is 31.4 Å². The normalized spacial score (nSPS) is 20.2. The van der Waals surface area contributed by atoms with Crippen LogP contribution in [-0.2, 0) is 27.2 Å². The van der Waals surface area contributed by atoms with Crippen molar-refractivity contribution < 1.29 is 35.7 Å². The summed E-state index contributed by atoms with van der Waals surface area (Å²) in [6.45, 7) is 0.0340. The molecule has 3 N–H and O–H groups in total. The van der Waals surface area contributed by atoms with Gasteiger partial charge in [-0.25, -0.2) is 0 Å². The van der Waals surface area contributed by atoms with Crippen LogP contribution in [0.5, 0.6) is 0 Å². The molecule has 0 aliphatic heterocycles. The Balaban J connectivity index is 1.46. The van der Waals surface area contributed by atoms with Crippen molar-refractivity contribution >= 4 is 21.8 Å². The number of anilines is 1. The van der Waals surface area contributed by atoms with Crippen LogP contribution in [0.25, 0.3) is 0 Å². The third kappa shape index (κ3) is 6.52. The SMILES string of the molecule is CNS(=O)(=O)O[C@@H]1C[C@H](Nc2ccncc2C(=O)c2ccn(Cc3cccc(C(F)(F)F)c3)n2)C[C@@H]1O. The molecule has 10 nitrogen and oxygen atoms in total. The maximum Gasteiger partial charge on any atom is 0.416 e. The quantitative estimate of drug-likeness (QED) is 0.353. The third-order valence-corrected chi connectivity index (χ3v) is 6.87. The average molecular weight is 540 g/mol. The number of nitrogens with one attached hydrogen (secondary N) is 2. The third-order valence-electron chi connectivity index (χ3n) is 5.87. The minimum atomic E-state index is -4.46. The lowest BCUT2D eigenvalue weighted by atomic mass is 10.1. The molecule has 1 aromatic carbocycles. The second kappa shape index (κ2) is 10.6. The minimum absolute atomic E-state index is 0.0340. The molecule has 14 heteroatoms. The highest BCUT2D eigenvalue weighted by Gasteiger charge is 2.37. The zero-order valence-corrected chi connectivity index (χ0v) is 20.3. The van der Waals surface area contributed by atoms with Gasteiger partial charge in [-0.05, 0) is 42.7 Å². The number of alkyl halides is 3. The number of aliphatic hydroxyl groups excluding tert-OH is 1. The molecule has 2 heterocycles. The fraction of sp³-hybridized carbons (Fsp3) is 0.348. The van der Waals surface area contributed by atoms with E-state index in [1.54, 1.807) is 6.07 Å². The number of nitrogens with zero attached hydrogens (tertiary/aromatic N) is 3. The molecule has 3 atom stereocenters. The van der Waals surface area contributed by atoms with Crippen LogP contribution in [0.2, 0.25) is 0 Å². The molecule has 1 aliphatic rings. The zero-order valence-electron chi connectivity index (χ0n) is 19.5. The average Bonchev–Trinajstić information content (AvgIpc) is 3.44. The van der Waals surface area contributed by atoms with Crippen molar-refractivity contribution in [2.45, 2.75) is 43.8 Å². The highest BCUT2D eigenvalue weighted by Crippen LogP contribution is 2.30. The summed E-state index contributed by atoms with van der Waals surface area (Å²) >= 11 is 0. The monoisotopic (exact) mass is 539 g/mol. The number of carbonyl (C=O) groups is 1. The molecule has 4 rings (SSSR count). The Hall–Kier alpha value is -3.33. The standard InChI is InChI=1S/C23H24F3N5O5S/c1-27-37(34,35)36-21-11-16(10-20(21)32)29-18-5-7-28-12-17(18)22(33)19-6-8-31(30-19)13-14-3-2-4-15(9-14)23(24,25)26/h2-9,12,16,20-21,27,32H,10-11,13H2,1H3,(H,28,29)/t16-,20+,21-/m1/s1. The molecule has 37 heavy (non-hydrogen) atoms. The van der Waals surface area contributed by atoms with Gasteiger partial charge in [0.25, 0.3) is 0 Å². The van der Waals surface area contributed by atoms with Gasteiger partial charge in [0, 0.05) is 37.4 Å². The Morgan fingerprint density at radius 1 is 1.24 bits per heavy atom. The maximum absolute atomic E-state index is 13.2. The van der Waals surface area contributed by atoms with E-state index in [4.69, 9.17) is 4.18 Å². The zero-order chi connectivity index (χ0) is 26.8. The van der Waals surface area contributed by atoms with Crippen molar-refractivity contribution in [3.05, 3.63) is 77.4 Å². The predicted octanol–water partition coefficient (Wildman–Crippen LogP) is 2.36. The first-order chi connectivity index (χ1) is 17.4. The summed E-state index contributed by atoms with van der Waals surface area (Å²) in [4.78, 5) is 17.2. The second-order valence-electron chi connectivity index (χ2n) is 8.52. The van der Waals surface area contributed by atoms with Crippen LogP contribution in [0.1, 0.15) is 40.0 Å². The summed E-state index contributed by atoms with van der Waals surface area (Å²) in [5.74, 6) is -0.470. The number of aliphatic hydroxyl groups is 1. The molecular weight excluding hydrogens is 515 g/mol. The van der Waals surface area contributed by atoms with Gasteiger partial charge in [0.15, 0.2) is 0 Å². The Morgan fingerprint density at radius 3 is 2.76 bits per heavy atom. The largest absolute Gasteiger partial charge is 0.416 e. The van der Waals surface area contributed by atoms with Crippen LogP contribution >= 0.6 is 0 Å². The van der Waals surface area contributed by atoms with Crippen LogP contribution in [-0.4, -0.2) is 59.4 Å². The van der Waals surface area contributed by atoms with Crippen LogP contribution in [0.3, 0.4) is 0 Å². The number of carbonyl (C=O) groups excluding carboxylic acids is 1. The molecule has 198 valence electrons. The molecule has 1 aliphatic carbocycles. The molecule has 1 saturated carbocycles. The number of ketones is 1. The molecule has 0 radical (unpaired) electrons. The second-order valence-corrected chi connectivity index (χ2v) is 10.0. The van der Waals surface area contributed by atoms with E-state index in [0.29, 0.717) is 11.3 Å². The van der Waals surface area contributed by atoms with Gasteiger partial charge in [0.05, 0.1) is 23.8 Å². The van der Waals surface area contributed by atoms with Gasteiger partial charge in [0.2, 0.25) is 5.78 Å². The fourth-order valence-corrected chi connectivity index (χ4v) is 4.70. The topological polar surface area (TPSA) is 135 Å². The summed E-state index contributed by atoms with van der Waals surface area (Å²) < 4.78 is 70.7. The van der Waals surface area contributed by atoms with Gasteiger partial charge in [0.1, 0.15) is 11.8 Å². The van der Waals surface area contributed by atoms with Gasteiger partial charge < -0.3 is 10.4 Å². The van der Waals surface area contributed by atoms with Crippen LogP contribution in [0.15, 0.2) is 55.0 Å². The highest BCUT2D eigenvalue weighted by molar-refractivity contribution is 7.84.